The summed E-state index contributed by atoms with van der Waals surface area (Å²) < 4.78 is 2.01. The molecule has 0 aliphatic carbocycles. The van der Waals surface area contributed by atoms with Crippen molar-refractivity contribution in [1.29, 1.82) is 0 Å². The third kappa shape index (κ3) is 4.42. The third-order valence-electron chi connectivity index (χ3n) is 2.07. The minimum atomic E-state index is 0.738. The van der Waals surface area contributed by atoms with E-state index >= 15 is 0 Å². The van der Waals surface area contributed by atoms with Crippen molar-refractivity contribution in [3.05, 3.63) is 18.0 Å². The smallest absolute Gasteiger partial charge is 0.0593 e. The second kappa shape index (κ2) is 5.81. The molecule has 0 atom stereocenters. The summed E-state index contributed by atoms with van der Waals surface area (Å²) in [5, 5.41) is 7.75. The Morgan fingerprint density at radius 3 is 2.86 bits per heavy atom. The molecule has 1 heterocycles. The summed E-state index contributed by atoms with van der Waals surface area (Å²) in [5.41, 5.74) is 1.10. The molecule has 0 aromatic carbocycles. The van der Waals surface area contributed by atoms with Gasteiger partial charge in [-0.05, 0) is 38.4 Å². The van der Waals surface area contributed by atoms with Crippen LogP contribution in [0.3, 0.4) is 0 Å². The van der Waals surface area contributed by atoms with Crippen molar-refractivity contribution in [2.45, 2.75) is 33.7 Å². The van der Waals surface area contributed by atoms with Gasteiger partial charge < -0.3 is 5.32 Å². The molecule has 0 spiro atoms. The number of nitrogens with one attached hydrogen (secondary N) is 1. The first-order valence-corrected chi connectivity index (χ1v) is 5.39. The van der Waals surface area contributed by atoms with Gasteiger partial charge in [-0.2, -0.15) is 5.10 Å². The lowest BCUT2D eigenvalue weighted by atomic mass is 10.2. The van der Waals surface area contributed by atoms with Crippen LogP contribution in [0.5, 0.6) is 0 Å². The predicted octanol–water partition coefficient (Wildman–Crippen LogP) is 1.83. The van der Waals surface area contributed by atoms with E-state index < -0.39 is 0 Å². The molecule has 0 aliphatic rings. The molecule has 1 N–H and O–H groups in total. The van der Waals surface area contributed by atoms with E-state index in [2.05, 4.69) is 24.3 Å². The molecule has 3 heteroatoms. The van der Waals surface area contributed by atoms with Crippen LogP contribution in [0.15, 0.2) is 12.3 Å². The maximum atomic E-state index is 4.33. The Labute approximate surface area is 86.5 Å². The van der Waals surface area contributed by atoms with Gasteiger partial charge >= 0.3 is 0 Å². The van der Waals surface area contributed by atoms with Crippen LogP contribution < -0.4 is 5.32 Å². The van der Waals surface area contributed by atoms with E-state index in [1.165, 1.54) is 0 Å². The summed E-state index contributed by atoms with van der Waals surface area (Å²) in [5.74, 6) is 0.738. The Hall–Kier alpha value is -0.830. The van der Waals surface area contributed by atoms with Gasteiger partial charge in [0, 0.05) is 12.7 Å². The van der Waals surface area contributed by atoms with Crippen LogP contribution in [0.25, 0.3) is 0 Å². The quantitative estimate of drug-likeness (QED) is 0.702. The highest BCUT2D eigenvalue weighted by molar-refractivity contribution is 4.94. The molecule has 1 rings (SSSR count). The van der Waals surface area contributed by atoms with Crippen LogP contribution in [-0.2, 0) is 6.54 Å². The van der Waals surface area contributed by atoms with Gasteiger partial charge in [0.15, 0.2) is 0 Å². The van der Waals surface area contributed by atoms with Gasteiger partial charge in [-0.25, -0.2) is 0 Å². The zero-order chi connectivity index (χ0) is 10.4. The highest BCUT2D eigenvalue weighted by Crippen LogP contribution is 1.94. The Kier molecular flexibility index (Phi) is 4.66. The second-order valence-electron chi connectivity index (χ2n) is 4.17. The molecule has 14 heavy (non-hydrogen) atoms. The number of aromatic nitrogens is 2. The van der Waals surface area contributed by atoms with E-state index in [9.17, 15) is 0 Å². The first-order valence-electron chi connectivity index (χ1n) is 5.39. The SMILES string of the molecule is Cc1ccn(CCCNCC(C)C)n1. The van der Waals surface area contributed by atoms with E-state index in [0.717, 1.165) is 37.7 Å². The Bertz CT molecular complexity index is 253. The molecule has 0 aliphatic heterocycles. The fourth-order valence-electron chi connectivity index (χ4n) is 1.34. The van der Waals surface area contributed by atoms with Crippen LogP contribution in [0.1, 0.15) is 26.0 Å². The summed E-state index contributed by atoms with van der Waals surface area (Å²) in [6.07, 6.45) is 3.19. The summed E-state index contributed by atoms with van der Waals surface area (Å²) in [4.78, 5) is 0. The standard InChI is InChI=1S/C11H21N3/c1-10(2)9-12-6-4-7-14-8-5-11(3)13-14/h5,8,10,12H,4,6-7,9H2,1-3H3. The summed E-state index contributed by atoms with van der Waals surface area (Å²) in [7, 11) is 0. The average molecular weight is 195 g/mol. The number of hydrogen-bond acceptors (Lipinski definition) is 2. The fraction of sp³-hybridized carbons (Fsp3) is 0.727. The number of nitrogens with zero attached hydrogens (tertiary/aromatic N) is 2. The van der Waals surface area contributed by atoms with E-state index in [1.807, 2.05) is 23.9 Å². The largest absolute Gasteiger partial charge is 0.316 e. The van der Waals surface area contributed by atoms with Gasteiger partial charge in [0.1, 0.15) is 0 Å². The molecule has 0 radical (unpaired) electrons. The van der Waals surface area contributed by atoms with Gasteiger partial charge in [0.2, 0.25) is 0 Å². The molecule has 3 nitrogen and oxygen atoms in total. The molecule has 0 saturated heterocycles. The molecule has 0 bridgehead atoms. The Morgan fingerprint density at radius 1 is 1.50 bits per heavy atom. The minimum absolute atomic E-state index is 0.738. The van der Waals surface area contributed by atoms with Crippen molar-refractivity contribution < 1.29 is 0 Å². The lowest BCUT2D eigenvalue weighted by Crippen LogP contribution is -2.21. The number of hydrogen-bond donors (Lipinski definition) is 1. The van der Waals surface area contributed by atoms with Crippen molar-refractivity contribution in [2.24, 2.45) is 5.92 Å². The van der Waals surface area contributed by atoms with Gasteiger partial charge in [-0.15, -0.1) is 0 Å². The molecule has 0 fully saturated rings. The normalized spacial score (nSPS) is 11.1. The van der Waals surface area contributed by atoms with Crippen molar-refractivity contribution in [3.63, 3.8) is 0 Å². The maximum absolute atomic E-state index is 4.33. The molecule has 0 unspecified atom stereocenters. The lowest BCUT2D eigenvalue weighted by Gasteiger charge is -2.06. The number of aryl methyl sites for hydroxylation is 2. The van der Waals surface area contributed by atoms with Crippen LogP contribution in [0.2, 0.25) is 0 Å². The summed E-state index contributed by atoms with van der Waals surface area (Å²) in [6, 6.07) is 2.04. The third-order valence-corrected chi connectivity index (χ3v) is 2.07. The predicted molar refractivity (Wildman–Crippen MR) is 59.3 cm³/mol. The minimum Gasteiger partial charge on any atom is -0.316 e. The van der Waals surface area contributed by atoms with Crippen LogP contribution in [-0.4, -0.2) is 22.9 Å². The van der Waals surface area contributed by atoms with Crippen LogP contribution in [0.4, 0.5) is 0 Å². The number of rotatable bonds is 6. The Morgan fingerprint density at radius 2 is 2.29 bits per heavy atom. The average Bonchev–Trinajstić information content (AvgIpc) is 2.50. The molecule has 0 amide bonds. The molecule has 1 aromatic heterocycles. The maximum Gasteiger partial charge on any atom is 0.0593 e. The van der Waals surface area contributed by atoms with Crippen molar-refractivity contribution >= 4 is 0 Å². The van der Waals surface area contributed by atoms with E-state index in [-0.39, 0.29) is 0 Å². The molecule has 80 valence electrons. The zero-order valence-corrected chi connectivity index (χ0v) is 9.45. The van der Waals surface area contributed by atoms with Gasteiger partial charge in [-0.1, -0.05) is 13.8 Å². The fourth-order valence-corrected chi connectivity index (χ4v) is 1.34. The monoisotopic (exact) mass is 195 g/mol. The molecule has 0 saturated carbocycles. The summed E-state index contributed by atoms with van der Waals surface area (Å²) in [6.45, 7) is 9.68. The van der Waals surface area contributed by atoms with Gasteiger partial charge in [0.25, 0.3) is 0 Å². The second-order valence-corrected chi connectivity index (χ2v) is 4.17. The Balaban J connectivity index is 2.04. The first kappa shape index (κ1) is 11.2. The van der Waals surface area contributed by atoms with Crippen molar-refractivity contribution in [1.82, 2.24) is 15.1 Å². The van der Waals surface area contributed by atoms with E-state index in [1.54, 1.807) is 0 Å². The first-order chi connectivity index (χ1) is 6.68. The lowest BCUT2D eigenvalue weighted by molar-refractivity contribution is 0.505. The molecule has 1 aromatic rings. The van der Waals surface area contributed by atoms with Gasteiger partial charge in [-0.3, -0.25) is 4.68 Å². The van der Waals surface area contributed by atoms with Crippen molar-refractivity contribution in [3.8, 4) is 0 Å². The highest BCUT2D eigenvalue weighted by atomic mass is 15.3. The van der Waals surface area contributed by atoms with E-state index in [4.69, 9.17) is 0 Å². The van der Waals surface area contributed by atoms with Crippen LogP contribution in [0, 0.1) is 12.8 Å². The highest BCUT2D eigenvalue weighted by Gasteiger charge is 1.95. The molecular weight excluding hydrogens is 174 g/mol. The molecular formula is C11H21N3. The van der Waals surface area contributed by atoms with Crippen LogP contribution >= 0.6 is 0 Å². The van der Waals surface area contributed by atoms with Gasteiger partial charge in [0.05, 0.1) is 5.69 Å². The zero-order valence-electron chi connectivity index (χ0n) is 9.45. The topological polar surface area (TPSA) is 29.9 Å². The summed E-state index contributed by atoms with van der Waals surface area (Å²) >= 11 is 0. The van der Waals surface area contributed by atoms with E-state index in [0.29, 0.717) is 0 Å². The van der Waals surface area contributed by atoms with Crippen molar-refractivity contribution in [2.75, 3.05) is 13.1 Å².